The number of rotatable bonds is 4. The molecule has 1 N–H and O–H groups in total. The molecule has 0 bridgehead atoms. The van der Waals surface area contributed by atoms with Crippen LogP contribution in [0.2, 0.25) is 5.02 Å². The molecule has 3 amide bonds. The molecule has 2 heterocycles. The maximum absolute atomic E-state index is 12.9. The number of fused-ring (bicyclic) bond motifs is 1. The third-order valence-electron chi connectivity index (χ3n) is 5.13. The second-order valence-electron chi connectivity index (χ2n) is 6.98. The molecule has 4 rings (SSSR count). The summed E-state index contributed by atoms with van der Waals surface area (Å²) >= 11 is 5.88. The summed E-state index contributed by atoms with van der Waals surface area (Å²) in [7, 11) is 0. The highest BCUT2D eigenvalue weighted by molar-refractivity contribution is 6.31. The van der Waals surface area contributed by atoms with Gasteiger partial charge in [-0.25, -0.2) is 4.90 Å². The molecular weight excluding hydrogens is 394 g/mol. The van der Waals surface area contributed by atoms with Crippen LogP contribution in [0.3, 0.4) is 0 Å². The highest BCUT2D eigenvalue weighted by Gasteiger charge is 2.55. The van der Waals surface area contributed by atoms with E-state index in [0.717, 1.165) is 16.0 Å². The summed E-state index contributed by atoms with van der Waals surface area (Å²) in [5, 5.41) is 12.4. The summed E-state index contributed by atoms with van der Waals surface area (Å²) in [5.41, 5.74) is 3.12. The zero-order valence-electron chi connectivity index (χ0n) is 15.8. The number of aryl methyl sites for hydroxylation is 1. The normalized spacial score (nSPS) is 20.4. The Balaban J connectivity index is 1.49. The maximum atomic E-state index is 12.9. The molecule has 2 aromatic rings. The van der Waals surface area contributed by atoms with Crippen LogP contribution in [0.25, 0.3) is 0 Å². The number of hydrogen-bond donors (Lipinski definition) is 1. The van der Waals surface area contributed by atoms with Crippen molar-refractivity contribution in [3.05, 3.63) is 58.6 Å². The van der Waals surface area contributed by atoms with E-state index in [-0.39, 0.29) is 12.5 Å². The van der Waals surface area contributed by atoms with Gasteiger partial charge in [-0.15, -0.1) is 0 Å². The Morgan fingerprint density at radius 3 is 2.55 bits per heavy atom. The topological polar surface area (TPSA) is 94.4 Å². The monoisotopic (exact) mass is 411 g/mol. The molecule has 2 atom stereocenters. The van der Waals surface area contributed by atoms with Crippen molar-refractivity contribution in [2.75, 3.05) is 16.8 Å². The van der Waals surface area contributed by atoms with Crippen molar-refractivity contribution in [1.29, 1.82) is 0 Å². The second kappa shape index (κ2) is 7.29. The minimum absolute atomic E-state index is 0.189. The lowest BCUT2D eigenvalue weighted by atomic mass is 10.1. The smallest absolute Gasteiger partial charge is 0.263 e. The van der Waals surface area contributed by atoms with E-state index in [1.165, 1.54) is 5.01 Å². The third kappa shape index (κ3) is 3.36. The van der Waals surface area contributed by atoms with E-state index >= 15 is 0 Å². The lowest BCUT2D eigenvalue weighted by molar-refractivity contribution is -0.123. The fourth-order valence-corrected chi connectivity index (χ4v) is 3.55. The quantitative estimate of drug-likeness (QED) is 0.782. The largest absolute Gasteiger partial charge is 0.324 e. The molecule has 2 aliphatic rings. The van der Waals surface area contributed by atoms with E-state index in [9.17, 15) is 14.4 Å². The summed E-state index contributed by atoms with van der Waals surface area (Å²) in [5.74, 6) is -1.28. The maximum Gasteiger partial charge on any atom is 0.263 e. The van der Waals surface area contributed by atoms with Crippen molar-refractivity contribution >= 4 is 40.7 Å². The third-order valence-corrected chi connectivity index (χ3v) is 5.38. The predicted octanol–water partition coefficient (Wildman–Crippen LogP) is 2.89. The average Bonchev–Trinajstić information content (AvgIpc) is 3.20. The second-order valence-corrected chi connectivity index (χ2v) is 7.41. The summed E-state index contributed by atoms with van der Waals surface area (Å²) in [6.45, 7) is 3.68. The van der Waals surface area contributed by atoms with Crippen LogP contribution in [0.5, 0.6) is 0 Å². The molecule has 2 aromatic carbocycles. The number of amides is 3. The zero-order valence-corrected chi connectivity index (χ0v) is 16.6. The number of hydrogen-bond acceptors (Lipinski definition) is 6. The van der Waals surface area contributed by atoms with Crippen molar-refractivity contribution in [3.8, 4) is 0 Å². The Morgan fingerprint density at radius 1 is 1.10 bits per heavy atom. The molecule has 2 aliphatic heterocycles. The first kappa shape index (κ1) is 19.1. The lowest BCUT2D eigenvalue weighted by Crippen LogP contribution is -2.43. The molecule has 29 heavy (non-hydrogen) atoms. The van der Waals surface area contributed by atoms with E-state index in [2.05, 4.69) is 15.7 Å². The molecular formula is C20H18ClN5O3. The molecule has 0 unspecified atom stereocenters. The standard InChI is InChI=1S/C20H18ClN5O3/c1-11-4-3-5-15(12(11)2)22-16(27)10-25-18-17(23-24-25)19(28)26(20(18)29)14-8-6-13(21)7-9-14/h3-9,17-18H,10H2,1-2H3,(H,22,27)/t17-,18-/m1/s1. The minimum Gasteiger partial charge on any atom is -0.324 e. The van der Waals surface area contributed by atoms with Crippen molar-refractivity contribution in [3.63, 3.8) is 0 Å². The SMILES string of the molecule is Cc1cccc(NC(=O)CN2N=N[C@H]3C(=O)N(c4ccc(Cl)cc4)C(=O)[C@@H]32)c1C. The summed E-state index contributed by atoms with van der Waals surface area (Å²) < 4.78 is 0. The van der Waals surface area contributed by atoms with Crippen LogP contribution in [0.4, 0.5) is 11.4 Å². The van der Waals surface area contributed by atoms with Gasteiger partial charge in [0.2, 0.25) is 5.91 Å². The van der Waals surface area contributed by atoms with E-state index < -0.39 is 23.9 Å². The van der Waals surface area contributed by atoms with Gasteiger partial charge in [0.1, 0.15) is 6.54 Å². The number of carbonyl (C=O) groups excluding carboxylic acids is 3. The van der Waals surface area contributed by atoms with Gasteiger partial charge in [0, 0.05) is 10.7 Å². The molecule has 0 spiro atoms. The number of benzene rings is 2. The van der Waals surface area contributed by atoms with E-state index in [4.69, 9.17) is 11.6 Å². The molecule has 1 fully saturated rings. The van der Waals surface area contributed by atoms with Gasteiger partial charge in [-0.1, -0.05) is 29.0 Å². The van der Waals surface area contributed by atoms with Gasteiger partial charge in [0.25, 0.3) is 11.8 Å². The van der Waals surface area contributed by atoms with Gasteiger partial charge in [-0.3, -0.25) is 19.4 Å². The van der Waals surface area contributed by atoms with Gasteiger partial charge in [0.15, 0.2) is 12.1 Å². The minimum atomic E-state index is -0.952. The number of nitrogens with one attached hydrogen (secondary N) is 1. The summed E-state index contributed by atoms with van der Waals surface area (Å²) in [4.78, 5) is 39.2. The van der Waals surface area contributed by atoms with Crippen LogP contribution in [-0.4, -0.2) is 41.4 Å². The van der Waals surface area contributed by atoms with Crippen LogP contribution in [0.1, 0.15) is 11.1 Å². The van der Waals surface area contributed by atoms with Crippen molar-refractivity contribution in [2.24, 2.45) is 10.3 Å². The van der Waals surface area contributed by atoms with E-state index in [1.54, 1.807) is 30.3 Å². The van der Waals surface area contributed by atoms with Crippen molar-refractivity contribution in [2.45, 2.75) is 25.9 Å². The van der Waals surface area contributed by atoms with Gasteiger partial charge in [-0.05, 0) is 55.3 Å². The molecule has 0 aliphatic carbocycles. The zero-order chi connectivity index (χ0) is 20.7. The Labute approximate surface area is 172 Å². The Kier molecular flexibility index (Phi) is 4.79. The molecule has 0 radical (unpaired) electrons. The van der Waals surface area contributed by atoms with Crippen LogP contribution >= 0.6 is 11.6 Å². The highest BCUT2D eigenvalue weighted by atomic mass is 35.5. The number of halogens is 1. The highest BCUT2D eigenvalue weighted by Crippen LogP contribution is 2.32. The first-order valence-electron chi connectivity index (χ1n) is 9.03. The lowest BCUT2D eigenvalue weighted by Gasteiger charge is -2.20. The Bertz CT molecular complexity index is 1040. The van der Waals surface area contributed by atoms with Crippen LogP contribution in [0.15, 0.2) is 52.8 Å². The molecule has 0 aromatic heterocycles. The van der Waals surface area contributed by atoms with Gasteiger partial charge in [0.05, 0.1) is 5.69 Å². The first-order chi connectivity index (χ1) is 13.9. The number of imide groups is 1. The molecule has 9 heteroatoms. The predicted molar refractivity (Wildman–Crippen MR) is 108 cm³/mol. The Morgan fingerprint density at radius 2 is 1.83 bits per heavy atom. The van der Waals surface area contributed by atoms with Gasteiger partial charge in [-0.2, -0.15) is 5.11 Å². The molecule has 8 nitrogen and oxygen atoms in total. The van der Waals surface area contributed by atoms with Gasteiger partial charge >= 0.3 is 0 Å². The van der Waals surface area contributed by atoms with Crippen LogP contribution in [0, 0.1) is 13.8 Å². The van der Waals surface area contributed by atoms with E-state index in [1.807, 2.05) is 26.0 Å². The molecule has 0 saturated carbocycles. The average molecular weight is 412 g/mol. The fraction of sp³-hybridized carbons (Fsp3) is 0.250. The first-order valence-corrected chi connectivity index (χ1v) is 9.41. The summed E-state index contributed by atoms with van der Waals surface area (Å²) in [6, 6.07) is 10.1. The van der Waals surface area contributed by atoms with Gasteiger partial charge < -0.3 is 5.32 Å². The molecule has 1 saturated heterocycles. The van der Waals surface area contributed by atoms with Crippen LogP contribution < -0.4 is 10.2 Å². The fourth-order valence-electron chi connectivity index (χ4n) is 3.42. The van der Waals surface area contributed by atoms with E-state index in [0.29, 0.717) is 16.4 Å². The Hall–Kier alpha value is -3.26. The summed E-state index contributed by atoms with van der Waals surface area (Å²) in [6.07, 6.45) is 0. The van der Waals surface area contributed by atoms with Crippen molar-refractivity contribution in [1.82, 2.24) is 5.01 Å². The number of anilines is 2. The number of nitrogens with zero attached hydrogens (tertiary/aromatic N) is 4. The van der Waals surface area contributed by atoms with Crippen molar-refractivity contribution < 1.29 is 14.4 Å². The van der Waals surface area contributed by atoms with Crippen LogP contribution in [-0.2, 0) is 14.4 Å². The number of carbonyl (C=O) groups is 3. The molecule has 148 valence electrons.